The molecule has 0 amide bonds. The first kappa shape index (κ1) is 15.1. The van der Waals surface area contributed by atoms with E-state index in [1.807, 2.05) is 18.3 Å². The minimum absolute atomic E-state index is 0.858. The zero-order valence-corrected chi connectivity index (χ0v) is 14.8. The van der Waals surface area contributed by atoms with Gasteiger partial charge in [-0.2, -0.15) is 5.10 Å². The van der Waals surface area contributed by atoms with E-state index < -0.39 is 0 Å². The van der Waals surface area contributed by atoms with Crippen LogP contribution in [0.5, 0.6) is 0 Å². The number of thioether (sulfide) groups is 1. The Hall–Kier alpha value is -0.330. The fourth-order valence-electron chi connectivity index (χ4n) is 1.77. The summed E-state index contributed by atoms with van der Waals surface area (Å²) in [5.74, 6) is 0.858. The molecule has 0 bridgehead atoms. The van der Waals surface area contributed by atoms with Gasteiger partial charge < -0.3 is 0 Å². The highest BCUT2D eigenvalue weighted by atomic mass is 79.9. The van der Waals surface area contributed by atoms with E-state index in [-0.39, 0.29) is 0 Å². The van der Waals surface area contributed by atoms with E-state index in [0.717, 1.165) is 38.4 Å². The number of halogens is 2. The van der Waals surface area contributed by atoms with Gasteiger partial charge in [0.05, 0.1) is 15.9 Å². The Labute approximate surface area is 134 Å². The van der Waals surface area contributed by atoms with Crippen molar-refractivity contribution in [2.24, 2.45) is 0 Å². The van der Waals surface area contributed by atoms with E-state index in [0.29, 0.717) is 0 Å². The summed E-state index contributed by atoms with van der Waals surface area (Å²) in [6.45, 7) is 5.13. The molecule has 0 aliphatic carbocycles. The van der Waals surface area contributed by atoms with Gasteiger partial charge in [-0.15, -0.1) is 0 Å². The number of hydrogen-bond donors (Lipinski definition) is 0. The average Bonchev–Trinajstić information content (AvgIpc) is 2.74. The van der Waals surface area contributed by atoms with Crippen LogP contribution in [-0.2, 0) is 18.7 Å². The molecule has 0 unspecified atom stereocenters. The van der Waals surface area contributed by atoms with Gasteiger partial charge in [-0.25, -0.2) is 4.98 Å². The summed E-state index contributed by atoms with van der Waals surface area (Å²) >= 11 is 8.91. The van der Waals surface area contributed by atoms with E-state index in [4.69, 9.17) is 0 Å². The summed E-state index contributed by atoms with van der Waals surface area (Å²) < 4.78 is 4.23. The molecule has 0 N–H and O–H groups in total. The third-order valence-corrected chi connectivity index (χ3v) is 5.60. The third kappa shape index (κ3) is 3.41. The van der Waals surface area contributed by atoms with Crippen molar-refractivity contribution in [3.63, 3.8) is 0 Å². The summed E-state index contributed by atoms with van der Waals surface area (Å²) in [6, 6.07) is 3.94. The molecule has 0 atom stereocenters. The second-order valence-corrected chi connectivity index (χ2v) is 6.57. The van der Waals surface area contributed by atoms with E-state index in [1.54, 1.807) is 11.8 Å². The third-order valence-electron chi connectivity index (χ3n) is 2.76. The van der Waals surface area contributed by atoms with Crippen molar-refractivity contribution in [2.75, 3.05) is 0 Å². The molecule has 2 aromatic rings. The first-order valence-electron chi connectivity index (χ1n) is 6.14. The molecule has 6 heteroatoms. The fraction of sp³-hybridized carbons (Fsp3) is 0.385. The van der Waals surface area contributed by atoms with Crippen molar-refractivity contribution >= 4 is 43.6 Å². The van der Waals surface area contributed by atoms with E-state index >= 15 is 0 Å². The monoisotopic (exact) mass is 403 g/mol. The van der Waals surface area contributed by atoms with Crippen LogP contribution in [0.2, 0.25) is 0 Å². The maximum absolute atomic E-state index is 4.61. The molecule has 0 radical (unpaired) electrons. The first-order valence-corrected chi connectivity index (χ1v) is 8.71. The zero-order chi connectivity index (χ0) is 13.8. The number of aromatic nitrogens is 3. The molecule has 2 rings (SSSR count). The van der Waals surface area contributed by atoms with Gasteiger partial charge in [-0.05, 0) is 57.3 Å². The second kappa shape index (κ2) is 6.90. The lowest BCUT2D eigenvalue weighted by Gasteiger charge is -2.06. The van der Waals surface area contributed by atoms with Gasteiger partial charge in [0.25, 0.3) is 0 Å². The standard InChI is InChI=1S/C13H15Br2N3S/c1-3-10-12(15)11(18(4-2)17-10)8-19-13-9(14)6-5-7-16-13/h5-7H,3-4,8H2,1-2H3. The summed E-state index contributed by atoms with van der Waals surface area (Å²) in [7, 11) is 0. The van der Waals surface area contributed by atoms with Crippen LogP contribution < -0.4 is 0 Å². The van der Waals surface area contributed by atoms with Crippen molar-refractivity contribution < 1.29 is 0 Å². The molecule has 19 heavy (non-hydrogen) atoms. The number of hydrogen-bond acceptors (Lipinski definition) is 3. The molecule has 3 nitrogen and oxygen atoms in total. The van der Waals surface area contributed by atoms with Crippen molar-refractivity contribution in [1.82, 2.24) is 14.8 Å². The van der Waals surface area contributed by atoms with E-state index in [2.05, 4.69) is 60.5 Å². The summed E-state index contributed by atoms with van der Waals surface area (Å²) in [6.07, 6.45) is 2.76. The van der Waals surface area contributed by atoms with Crippen molar-refractivity contribution in [1.29, 1.82) is 0 Å². The van der Waals surface area contributed by atoms with Crippen LogP contribution in [0, 0.1) is 0 Å². The molecule has 0 saturated carbocycles. The van der Waals surface area contributed by atoms with Crippen LogP contribution in [0.4, 0.5) is 0 Å². The maximum Gasteiger partial charge on any atom is 0.111 e. The predicted molar refractivity (Wildman–Crippen MR) is 86.5 cm³/mol. The molecule has 0 aliphatic rings. The molecular weight excluding hydrogens is 390 g/mol. The van der Waals surface area contributed by atoms with Crippen molar-refractivity contribution in [2.45, 2.75) is 37.6 Å². The lowest BCUT2D eigenvalue weighted by Crippen LogP contribution is -2.02. The molecule has 0 fully saturated rings. The first-order chi connectivity index (χ1) is 9.17. The average molecular weight is 405 g/mol. The molecular formula is C13H15Br2N3S. The number of pyridine rings is 1. The Morgan fingerprint density at radius 1 is 1.32 bits per heavy atom. The minimum Gasteiger partial charge on any atom is -0.268 e. The smallest absolute Gasteiger partial charge is 0.111 e. The van der Waals surface area contributed by atoms with E-state index in [9.17, 15) is 0 Å². The molecule has 0 aliphatic heterocycles. The quantitative estimate of drug-likeness (QED) is 0.678. The lowest BCUT2D eigenvalue weighted by atomic mass is 10.3. The van der Waals surface area contributed by atoms with Crippen molar-refractivity contribution in [3.05, 3.63) is 38.7 Å². The molecule has 0 spiro atoms. The largest absolute Gasteiger partial charge is 0.268 e. The number of aryl methyl sites for hydroxylation is 2. The number of nitrogens with zero attached hydrogens (tertiary/aromatic N) is 3. The maximum atomic E-state index is 4.61. The van der Waals surface area contributed by atoms with Crippen LogP contribution in [0.15, 0.2) is 32.3 Å². The van der Waals surface area contributed by atoms with Crippen LogP contribution in [0.3, 0.4) is 0 Å². The van der Waals surface area contributed by atoms with Gasteiger partial charge in [-0.1, -0.05) is 18.7 Å². The SMILES string of the molecule is CCc1nn(CC)c(CSc2ncccc2Br)c1Br. The lowest BCUT2D eigenvalue weighted by molar-refractivity contribution is 0.627. The Kier molecular flexibility index (Phi) is 5.47. The highest BCUT2D eigenvalue weighted by molar-refractivity contribution is 9.10. The second-order valence-electron chi connectivity index (χ2n) is 3.96. The minimum atomic E-state index is 0.858. The van der Waals surface area contributed by atoms with Gasteiger partial charge in [-0.3, -0.25) is 4.68 Å². The summed E-state index contributed by atoms with van der Waals surface area (Å²) in [5, 5.41) is 5.62. The highest BCUT2D eigenvalue weighted by Crippen LogP contribution is 2.31. The number of rotatable bonds is 5. The zero-order valence-electron chi connectivity index (χ0n) is 10.9. The molecule has 0 saturated heterocycles. The van der Waals surface area contributed by atoms with Crippen LogP contribution in [0.1, 0.15) is 25.2 Å². The topological polar surface area (TPSA) is 30.7 Å². The predicted octanol–water partition coefficient (Wildman–Crippen LogP) is 4.68. The summed E-state index contributed by atoms with van der Waals surface area (Å²) in [5.41, 5.74) is 2.35. The highest BCUT2D eigenvalue weighted by Gasteiger charge is 2.14. The Morgan fingerprint density at radius 2 is 2.11 bits per heavy atom. The van der Waals surface area contributed by atoms with Crippen LogP contribution >= 0.6 is 43.6 Å². The van der Waals surface area contributed by atoms with Crippen LogP contribution in [0.25, 0.3) is 0 Å². The Balaban J connectivity index is 2.20. The molecule has 0 aromatic carbocycles. The van der Waals surface area contributed by atoms with Gasteiger partial charge in [0, 0.05) is 23.0 Å². The summed E-state index contributed by atoms with van der Waals surface area (Å²) in [4.78, 5) is 4.38. The van der Waals surface area contributed by atoms with Gasteiger partial charge >= 0.3 is 0 Å². The molecule has 2 heterocycles. The van der Waals surface area contributed by atoms with Crippen LogP contribution in [-0.4, -0.2) is 14.8 Å². The van der Waals surface area contributed by atoms with Crippen molar-refractivity contribution in [3.8, 4) is 0 Å². The normalized spacial score (nSPS) is 10.9. The van der Waals surface area contributed by atoms with E-state index in [1.165, 1.54) is 5.69 Å². The van der Waals surface area contributed by atoms with Gasteiger partial charge in [0.2, 0.25) is 0 Å². The molecule has 102 valence electrons. The molecule has 2 aromatic heterocycles. The fourth-order valence-corrected chi connectivity index (χ4v) is 4.17. The Morgan fingerprint density at radius 3 is 2.74 bits per heavy atom. The Bertz CT molecular complexity index is 569. The van der Waals surface area contributed by atoms with Gasteiger partial charge in [0.1, 0.15) is 5.03 Å². The van der Waals surface area contributed by atoms with Gasteiger partial charge in [0.15, 0.2) is 0 Å².